The van der Waals surface area contributed by atoms with E-state index in [0.717, 1.165) is 34.5 Å². The van der Waals surface area contributed by atoms with Crippen LogP contribution in [0.3, 0.4) is 0 Å². The lowest BCUT2D eigenvalue weighted by Gasteiger charge is -2.07. The topological polar surface area (TPSA) is 63.8 Å². The summed E-state index contributed by atoms with van der Waals surface area (Å²) in [5, 5.41) is 1.67. The van der Waals surface area contributed by atoms with E-state index < -0.39 is 0 Å². The Kier molecular flexibility index (Phi) is 5.64. The van der Waals surface area contributed by atoms with Crippen molar-refractivity contribution < 1.29 is 0 Å². The van der Waals surface area contributed by atoms with Crippen LogP contribution < -0.4 is 11.3 Å². The molecule has 2 rings (SSSR count). The van der Waals surface area contributed by atoms with Crippen molar-refractivity contribution in [3.05, 3.63) is 46.7 Å². The highest BCUT2D eigenvalue weighted by atomic mass is 35.5. The molecule has 0 aliphatic heterocycles. The summed E-state index contributed by atoms with van der Waals surface area (Å²) in [5.41, 5.74) is 3.80. The number of aryl methyl sites for hydroxylation is 1. The van der Waals surface area contributed by atoms with Crippen LogP contribution in [0.2, 0.25) is 5.02 Å². The van der Waals surface area contributed by atoms with Crippen LogP contribution in [0.25, 0.3) is 0 Å². The van der Waals surface area contributed by atoms with E-state index in [1.54, 1.807) is 11.8 Å². The third-order valence-corrected chi connectivity index (χ3v) is 3.90. The molecule has 0 saturated carbocycles. The van der Waals surface area contributed by atoms with E-state index in [0.29, 0.717) is 5.82 Å². The molecule has 1 heterocycles. The molecule has 0 atom stereocenters. The fourth-order valence-electron chi connectivity index (χ4n) is 1.69. The molecule has 0 radical (unpaired) electrons. The molecular weight excluding hydrogens is 292 g/mol. The first kappa shape index (κ1) is 15.1. The van der Waals surface area contributed by atoms with Gasteiger partial charge >= 0.3 is 0 Å². The predicted molar refractivity (Wildman–Crippen MR) is 84.9 cm³/mol. The van der Waals surface area contributed by atoms with Gasteiger partial charge in [0.2, 0.25) is 0 Å². The van der Waals surface area contributed by atoms with E-state index in [1.807, 2.05) is 30.3 Å². The highest BCUT2D eigenvalue weighted by Gasteiger charge is 2.05. The number of thioether (sulfide) groups is 1. The zero-order valence-corrected chi connectivity index (χ0v) is 12.8. The Labute approximate surface area is 128 Å². The summed E-state index contributed by atoms with van der Waals surface area (Å²) in [5.74, 6) is 7.76. The van der Waals surface area contributed by atoms with Crippen LogP contribution in [0.1, 0.15) is 24.7 Å². The maximum absolute atomic E-state index is 5.87. The molecule has 0 unspecified atom stereocenters. The predicted octanol–water partition coefficient (Wildman–Crippen LogP) is 3.66. The van der Waals surface area contributed by atoms with Crippen molar-refractivity contribution >= 4 is 29.2 Å². The molecule has 0 fully saturated rings. The Morgan fingerprint density at radius 1 is 1.25 bits per heavy atom. The zero-order valence-electron chi connectivity index (χ0n) is 11.3. The van der Waals surface area contributed by atoms with E-state index >= 15 is 0 Å². The van der Waals surface area contributed by atoms with Gasteiger partial charge in [-0.15, -0.1) is 11.8 Å². The highest BCUT2D eigenvalue weighted by Crippen LogP contribution is 2.23. The number of anilines is 1. The number of nitrogen functional groups attached to an aromatic ring is 1. The molecule has 0 spiro atoms. The Morgan fingerprint density at radius 2 is 2.00 bits per heavy atom. The molecule has 6 heteroatoms. The molecule has 20 heavy (non-hydrogen) atoms. The van der Waals surface area contributed by atoms with Gasteiger partial charge in [-0.2, -0.15) is 0 Å². The highest BCUT2D eigenvalue weighted by molar-refractivity contribution is 7.98. The van der Waals surface area contributed by atoms with Gasteiger partial charge in [-0.3, -0.25) is 0 Å². The maximum Gasteiger partial charge on any atom is 0.144 e. The molecule has 0 saturated heterocycles. The fourth-order valence-corrected chi connectivity index (χ4v) is 2.69. The van der Waals surface area contributed by atoms with E-state index in [1.165, 1.54) is 5.56 Å². The van der Waals surface area contributed by atoms with Gasteiger partial charge in [0, 0.05) is 23.3 Å². The van der Waals surface area contributed by atoms with Crippen LogP contribution in [-0.2, 0) is 12.2 Å². The van der Waals surface area contributed by atoms with Gasteiger partial charge in [-0.1, -0.05) is 30.7 Å². The first-order valence-corrected chi connectivity index (χ1v) is 7.79. The largest absolute Gasteiger partial charge is 0.308 e. The lowest BCUT2D eigenvalue weighted by molar-refractivity contribution is 0.810. The fraction of sp³-hybridized carbons (Fsp3) is 0.286. The second-order valence-corrected chi connectivity index (χ2v) is 5.75. The lowest BCUT2D eigenvalue weighted by Crippen LogP contribution is -2.10. The average Bonchev–Trinajstić information content (AvgIpc) is 2.47. The van der Waals surface area contributed by atoms with Gasteiger partial charge < -0.3 is 5.43 Å². The first-order valence-electron chi connectivity index (χ1n) is 6.43. The number of hydrogen-bond donors (Lipinski definition) is 2. The minimum atomic E-state index is 0.655. The summed E-state index contributed by atoms with van der Waals surface area (Å²) in [6, 6.07) is 9.69. The Morgan fingerprint density at radius 3 is 2.65 bits per heavy atom. The molecule has 1 aromatic carbocycles. The number of nitrogens with zero attached hydrogens (tertiary/aromatic N) is 2. The van der Waals surface area contributed by atoms with Crippen LogP contribution in [0.4, 0.5) is 5.82 Å². The van der Waals surface area contributed by atoms with Crippen LogP contribution >= 0.6 is 23.4 Å². The minimum Gasteiger partial charge on any atom is -0.308 e. The number of hydrogen-bond acceptors (Lipinski definition) is 5. The molecule has 106 valence electrons. The third-order valence-electron chi connectivity index (χ3n) is 2.67. The van der Waals surface area contributed by atoms with Crippen LogP contribution in [0.5, 0.6) is 0 Å². The third kappa shape index (κ3) is 4.37. The number of hydrazine groups is 1. The molecule has 0 amide bonds. The Hall–Kier alpha value is -1.30. The van der Waals surface area contributed by atoms with Gasteiger partial charge in [0.1, 0.15) is 16.7 Å². The monoisotopic (exact) mass is 308 g/mol. The number of nitrogens with two attached hydrogens (primary N) is 1. The van der Waals surface area contributed by atoms with Crippen molar-refractivity contribution in [3.8, 4) is 0 Å². The molecule has 0 aliphatic carbocycles. The van der Waals surface area contributed by atoms with E-state index in [4.69, 9.17) is 17.4 Å². The SMILES string of the molecule is CCCc1nc(NN)cc(SCc2ccc(Cl)cc2)n1. The molecule has 0 bridgehead atoms. The lowest BCUT2D eigenvalue weighted by atomic mass is 10.2. The van der Waals surface area contributed by atoms with E-state index in [9.17, 15) is 0 Å². The quantitative estimate of drug-likeness (QED) is 0.369. The summed E-state index contributed by atoms with van der Waals surface area (Å²) >= 11 is 7.53. The number of nitrogens with one attached hydrogen (secondary N) is 1. The van der Waals surface area contributed by atoms with Gasteiger partial charge in [0.25, 0.3) is 0 Å². The number of benzene rings is 1. The molecule has 2 aromatic rings. The summed E-state index contributed by atoms with van der Waals surface area (Å²) < 4.78 is 0. The van der Waals surface area contributed by atoms with Crippen LogP contribution in [-0.4, -0.2) is 9.97 Å². The molecule has 1 aromatic heterocycles. The van der Waals surface area contributed by atoms with Gasteiger partial charge in [-0.25, -0.2) is 15.8 Å². The average molecular weight is 309 g/mol. The zero-order chi connectivity index (χ0) is 14.4. The standard InChI is InChI=1S/C14H17ClN4S/c1-2-3-12-17-13(19-16)8-14(18-12)20-9-10-4-6-11(15)7-5-10/h4-8H,2-3,9,16H2,1H3,(H,17,18,19). The second kappa shape index (κ2) is 7.47. The molecule has 4 nitrogen and oxygen atoms in total. The molecule has 3 N–H and O–H groups in total. The van der Waals surface area contributed by atoms with Crippen molar-refractivity contribution in [1.29, 1.82) is 0 Å². The minimum absolute atomic E-state index is 0.655. The molecular formula is C14H17ClN4S. The smallest absolute Gasteiger partial charge is 0.144 e. The van der Waals surface area contributed by atoms with E-state index in [2.05, 4.69) is 22.3 Å². The summed E-state index contributed by atoms with van der Waals surface area (Å²) in [6.45, 7) is 2.10. The Balaban J connectivity index is 2.07. The maximum atomic E-state index is 5.87. The number of halogens is 1. The number of aromatic nitrogens is 2. The van der Waals surface area contributed by atoms with Crippen molar-refractivity contribution in [2.45, 2.75) is 30.5 Å². The van der Waals surface area contributed by atoms with Crippen LogP contribution in [0.15, 0.2) is 35.4 Å². The summed E-state index contributed by atoms with van der Waals surface area (Å²) in [4.78, 5) is 8.86. The Bertz CT molecular complexity index is 560. The van der Waals surface area contributed by atoms with E-state index in [-0.39, 0.29) is 0 Å². The van der Waals surface area contributed by atoms with Gasteiger partial charge in [0.15, 0.2) is 0 Å². The van der Waals surface area contributed by atoms with Crippen LogP contribution in [0, 0.1) is 0 Å². The second-order valence-electron chi connectivity index (χ2n) is 4.32. The number of rotatable bonds is 6. The summed E-state index contributed by atoms with van der Waals surface area (Å²) in [7, 11) is 0. The van der Waals surface area contributed by atoms with Crippen molar-refractivity contribution in [3.63, 3.8) is 0 Å². The van der Waals surface area contributed by atoms with Gasteiger partial charge in [0.05, 0.1) is 0 Å². The van der Waals surface area contributed by atoms with Crippen molar-refractivity contribution in [2.24, 2.45) is 5.84 Å². The first-order chi connectivity index (χ1) is 9.71. The van der Waals surface area contributed by atoms with Crippen molar-refractivity contribution in [1.82, 2.24) is 9.97 Å². The van der Waals surface area contributed by atoms with Crippen molar-refractivity contribution in [2.75, 3.05) is 5.43 Å². The molecule has 0 aliphatic rings. The normalized spacial score (nSPS) is 10.6. The van der Waals surface area contributed by atoms with Gasteiger partial charge in [-0.05, 0) is 24.1 Å². The summed E-state index contributed by atoms with van der Waals surface area (Å²) in [6.07, 6.45) is 1.86.